The van der Waals surface area contributed by atoms with E-state index in [-0.39, 0.29) is 6.54 Å². The maximum Gasteiger partial charge on any atom is 0.408 e. The Morgan fingerprint density at radius 1 is 0.885 bits per heavy atom. The third-order valence-electron chi connectivity index (χ3n) is 2.59. The van der Waals surface area contributed by atoms with Gasteiger partial charge in [-0.25, -0.2) is 14.4 Å². The van der Waals surface area contributed by atoms with Crippen LogP contribution in [0.15, 0.2) is 0 Å². The van der Waals surface area contributed by atoms with Crippen LogP contribution >= 0.6 is 0 Å². The second-order valence-electron chi connectivity index (χ2n) is 7.65. The summed E-state index contributed by atoms with van der Waals surface area (Å²) in [5.74, 6) is -2.09. The molecule has 0 aromatic rings. The van der Waals surface area contributed by atoms with Crippen LogP contribution in [0.25, 0.3) is 0 Å². The molecule has 26 heavy (non-hydrogen) atoms. The van der Waals surface area contributed by atoms with Crippen molar-refractivity contribution in [1.29, 1.82) is 0 Å². The average molecular weight is 375 g/mol. The Labute approximate surface area is 153 Å². The van der Waals surface area contributed by atoms with Gasteiger partial charge in [-0.2, -0.15) is 0 Å². The predicted octanol–water partition coefficient (Wildman–Crippen LogP) is 0.994. The van der Waals surface area contributed by atoms with Crippen molar-refractivity contribution in [3.8, 4) is 0 Å². The Balaban J connectivity index is 4.61. The third-order valence-corrected chi connectivity index (χ3v) is 2.59. The largest absolute Gasteiger partial charge is 0.480 e. The van der Waals surface area contributed by atoms with Gasteiger partial charge in [-0.15, -0.1) is 0 Å². The van der Waals surface area contributed by atoms with Gasteiger partial charge in [-0.3, -0.25) is 4.79 Å². The lowest BCUT2D eigenvalue weighted by atomic mass is 10.2. The highest BCUT2D eigenvalue weighted by Gasteiger charge is 2.26. The van der Waals surface area contributed by atoms with E-state index in [9.17, 15) is 19.2 Å². The molecule has 0 bridgehead atoms. The summed E-state index contributed by atoms with van der Waals surface area (Å²) >= 11 is 0. The smallest absolute Gasteiger partial charge is 0.408 e. The highest BCUT2D eigenvalue weighted by molar-refractivity contribution is 5.89. The summed E-state index contributed by atoms with van der Waals surface area (Å²) in [6, 6.07) is -2.42. The van der Waals surface area contributed by atoms with Crippen LogP contribution in [-0.4, -0.2) is 59.0 Å². The van der Waals surface area contributed by atoms with E-state index in [1.165, 1.54) is 6.92 Å². The molecule has 0 spiro atoms. The Hall–Kier alpha value is -2.52. The normalized spacial score (nSPS) is 13.8. The molecule has 0 aliphatic carbocycles. The van der Waals surface area contributed by atoms with Gasteiger partial charge in [-0.05, 0) is 48.5 Å². The molecular formula is C16H29N3O7. The monoisotopic (exact) mass is 375 g/mol. The number of carboxylic acid groups (broad SMARTS) is 1. The summed E-state index contributed by atoms with van der Waals surface area (Å²) in [5.41, 5.74) is -1.47. The zero-order chi connectivity index (χ0) is 20.7. The van der Waals surface area contributed by atoms with E-state index < -0.39 is 47.3 Å². The van der Waals surface area contributed by atoms with Gasteiger partial charge < -0.3 is 30.5 Å². The number of carbonyl (C=O) groups is 4. The van der Waals surface area contributed by atoms with Gasteiger partial charge in [0.2, 0.25) is 5.91 Å². The number of carboxylic acids is 1. The Morgan fingerprint density at radius 2 is 1.35 bits per heavy atom. The molecule has 0 aliphatic heterocycles. The van der Waals surface area contributed by atoms with E-state index in [4.69, 9.17) is 14.6 Å². The van der Waals surface area contributed by atoms with E-state index in [0.29, 0.717) is 0 Å². The maximum absolute atomic E-state index is 12.0. The van der Waals surface area contributed by atoms with Crippen molar-refractivity contribution in [2.75, 3.05) is 6.54 Å². The molecule has 0 saturated carbocycles. The molecule has 0 fully saturated rings. The van der Waals surface area contributed by atoms with E-state index in [1.54, 1.807) is 41.5 Å². The summed E-state index contributed by atoms with van der Waals surface area (Å²) in [7, 11) is 0. The molecule has 0 radical (unpaired) electrons. The molecule has 0 heterocycles. The summed E-state index contributed by atoms with van der Waals surface area (Å²) in [5, 5.41) is 16.0. The predicted molar refractivity (Wildman–Crippen MR) is 92.6 cm³/mol. The van der Waals surface area contributed by atoms with Crippen molar-refractivity contribution in [2.24, 2.45) is 0 Å². The van der Waals surface area contributed by atoms with Crippen LogP contribution in [-0.2, 0) is 19.1 Å². The van der Waals surface area contributed by atoms with E-state index in [1.807, 2.05) is 0 Å². The highest BCUT2D eigenvalue weighted by Crippen LogP contribution is 2.07. The van der Waals surface area contributed by atoms with Crippen LogP contribution < -0.4 is 16.0 Å². The molecule has 4 N–H and O–H groups in total. The van der Waals surface area contributed by atoms with Gasteiger partial charge in [-0.1, -0.05) is 0 Å². The maximum atomic E-state index is 12.0. The number of hydrogen-bond acceptors (Lipinski definition) is 6. The van der Waals surface area contributed by atoms with Crippen molar-refractivity contribution < 1.29 is 33.8 Å². The fraction of sp³-hybridized carbons (Fsp3) is 0.750. The van der Waals surface area contributed by atoms with E-state index >= 15 is 0 Å². The van der Waals surface area contributed by atoms with Gasteiger partial charge in [0.25, 0.3) is 0 Å². The fourth-order valence-electron chi connectivity index (χ4n) is 1.55. The zero-order valence-electron chi connectivity index (χ0n) is 16.3. The lowest BCUT2D eigenvalue weighted by molar-refractivity contribution is -0.141. The first-order valence-corrected chi connectivity index (χ1v) is 8.10. The minimum absolute atomic E-state index is 0.380. The first kappa shape index (κ1) is 23.5. The molecule has 2 atom stereocenters. The van der Waals surface area contributed by atoms with Crippen molar-refractivity contribution in [2.45, 2.75) is 71.8 Å². The van der Waals surface area contributed by atoms with Gasteiger partial charge in [0.1, 0.15) is 23.3 Å². The fourth-order valence-corrected chi connectivity index (χ4v) is 1.55. The lowest BCUT2D eigenvalue weighted by Gasteiger charge is -2.23. The number of aliphatic carboxylic acids is 1. The first-order chi connectivity index (χ1) is 11.6. The van der Waals surface area contributed by atoms with Crippen LogP contribution in [0.1, 0.15) is 48.5 Å². The van der Waals surface area contributed by atoms with Crippen LogP contribution in [0.5, 0.6) is 0 Å². The van der Waals surface area contributed by atoms with Crippen molar-refractivity contribution in [3.05, 3.63) is 0 Å². The van der Waals surface area contributed by atoms with Crippen molar-refractivity contribution >= 4 is 24.1 Å². The van der Waals surface area contributed by atoms with Gasteiger partial charge >= 0.3 is 18.2 Å². The molecule has 3 amide bonds. The highest BCUT2D eigenvalue weighted by atomic mass is 16.6. The zero-order valence-corrected chi connectivity index (χ0v) is 16.3. The molecule has 0 saturated heterocycles. The first-order valence-electron chi connectivity index (χ1n) is 8.10. The average Bonchev–Trinajstić information content (AvgIpc) is 2.38. The third kappa shape index (κ3) is 11.1. The summed E-state index contributed by atoms with van der Waals surface area (Å²) < 4.78 is 10.0. The Morgan fingerprint density at radius 3 is 1.77 bits per heavy atom. The van der Waals surface area contributed by atoms with Crippen LogP contribution in [0.3, 0.4) is 0 Å². The molecule has 0 aliphatic rings. The molecular weight excluding hydrogens is 346 g/mol. The quantitative estimate of drug-likeness (QED) is 0.542. The standard InChI is InChI=1S/C16H29N3O7/c1-9(18-14(24)26-16(5,6)7)11(20)19-10(12(21)22)8-17-13(23)25-15(2,3)4/h9-10H,8H2,1-7H3,(H,17,23)(H,18,24)(H,19,20)(H,21,22)/t9-,10-/m0/s1. The number of nitrogens with one attached hydrogen (secondary N) is 3. The van der Waals surface area contributed by atoms with Crippen molar-refractivity contribution in [3.63, 3.8) is 0 Å². The Bertz CT molecular complexity index is 535. The molecule has 0 rings (SSSR count). The molecule has 0 unspecified atom stereocenters. The summed E-state index contributed by atoms with van der Waals surface area (Å²) in [4.78, 5) is 46.5. The van der Waals surface area contributed by atoms with Crippen molar-refractivity contribution in [1.82, 2.24) is 16.0 Å². The SMILES string of the molecule is C[C@H](NC(=O)OC(C)(C)C)C(=O)N[C@@H](CNC(=O)OC(C)(C)C)C(=O)O. The molecule has 0 aromatic carbocycles. The minimum atomic E-state index is -1.39. The molecule has 150 valence electrons. The number of carbonyl (C=O) groups excluding carboxylic acids is 3. The van der Waals surface area contributed by atoms with E-state index in [2.05, 4.69) is 16.0 Å². The summed E-state index contributed by atoms with van der Waals surface area (Å²) in [6.07, 6.45) is -1.61. The Kier molecular flexibility index (Phi) is 8.36. The topological polar surface area (TPSA) is 143 Å². The minimum Gasteiger partial charge on any atom is -0.480 e. The molecule has 10 heteroatoms. The summed E-state index contributed by atoms with van der Waals surface area (Å²) in [6.45, 7) is 11.0. The second kappa shape index (κ2) is 9.25. The van der Waals surface area contributed by atoms with Crippen LogP contribution in [0, 0.1) is 0 Å². The number of ether oxygens (including phenoxy) is 2. The number of rotatable bonds is 6. The van der Waals surface area contributed by atoms with Gasteiger partial charge in [0, 0.05) is 0 Å². The number of amides is 3. The molecule has 0 aromatic heterocycles. The number of hydrogen-bond donors (Lipinski definition) is 4. The van der Waals surface area contributed by atoms with E-state index in [0.717, 1.165) is 0 Å². The number of alkyl carbamates (subject to hydrolysis) is 2. The van der Waals surface area contributed by atoms with Gasteiger partial charge in [0.15, 0.2) is 0 Å². The second-order valence-corrected chi connectivity index (χ2v) is 7.65. The van der Waals surface area contributed by atoms with Gasteiger partial charge in [0.05, 0.1) is 6.54 Å². The van der Waals surface area contributed by atoms with Crippen LogP contribution in [0.2, 0.25) is 0 Å². The molecule has 10 nitrogen and oxygen atoms in total. The van der Waals surface area contributed by atoms with Crippen LogP contribution in [0.4, 0.5) is 9.59 Å². The lowest BCUT2D eigenvalue weighted by Crippen LogP contribution is -2.54.